The van der Waals surface area contributed by atoms with Gasteiger partial charge in [0, 0.05) is 12.0 Å². The number of hydrogen-bond donors (Lipinski definition) is 1. The third-order valence-electron chi connectivity index (χ3n) is 5.45. The van der Waals surface area contributed by atoms with Crippen molar-refractivity contribution in [2.75, 3.05) is 0 Å². The van der Waals surface area contributed by atoms with Crippen molar-refractivity contribution in [1.29, 1.82) is 0 Å². The molecule has 4 heteroatoms. The summed E-state index contributed by atoms with van der Waals surface area (Å²) in [6.45, 7) is 13.6. The second kappa shape index (κ2) is 8.74. The fraction of sp³-hybridized carbons (Fsp3) is 0.435. The topological polar surface area (TPSA) is 46.5 Å². The molecule has 0 saturated heterocycles. The van der Waals surface area contributed by atoms with E-state index in [0.29, 0.717) is 22.2 Å². The third-order valence-corrected chi connectivity index (χ3v) is 11.5. The molecule has 1 N–H and O–H groups in total. The largest absolute Gasteiger partial charge is 0.543 e. The number of carbonyl (C=O) groups is 1. The molecule has 0 atom stereocenters. The van der Waals surface area contributed by atoms with Crippen LogP contribution in [0.3, 0.4) is 0 Å². The molecule has 0 aliphatic heterocycles. The summed E-state index contributed by atoms with van der Waals surface area (Å²) < 4.78 is 6.65. The van der Waals surface area contributed by atoms with Crippen molar-refractivity contribution in [2.24, 2.45) is 0 Å². The molecule has 2 aromatic carbocycles. The second-order valence-corrected chi connectivity index (χ2v) is 13.6. The lowest BCUT2D eigenvalue weighted by atomic mass is 10.0. The molecule has 0 bridgehead atoms. The average molecular weight is 385 g/mol. The van der Waals surface area contributed by atoms with E-state index in [1.54, 1.807) is 18.2 Å². The first-order valence-electron chi connectivity index (χ1n) is 9.77. The summed E-state index contributed by atoms with van der Waals surface area (Å²) in [5.41, 5.74) is 2.99. The highest BCUT2D eigenvalue weighted by Crippen LogP contribution is 2.42. The van der Waals surface area contributed by atoms with E-state index in [1.807, 2.05) is 30.3 Å². The van der Waals surface area contributed by atoms with Crippen LogP contribution in [0, 0.1) is 0 Å². The van der Waals surface area contributed by atoms with E-state index in [1.165, 1.54) is 0 Å². The van der Waals surface area contributed by atoms with Gasteiger partial charge in [-0.1, -0.05) is 53.7 Å². The van der Waals surface area contributed by atoms with Crippen LogP contribution in [0.4, 0.5) is 0 Å². The van der Waals surface area contributed by atoms with Crippen molar-refractivity contribution >= 4 is 14.1 Å². The lowest BCUT2D eigenvalue weighted by Crippen LogP contribution is -2.50. The third kappa shape index (κ3) is 4.81. The minimum absolute atomic E-state index is 0.0345. The van der Waals surface area contributed by atoms with Gasteiger partial charge in [-0.3, -0.25) is 4.79 Å². The van der Waals surface area contributed by atoms with E-state index < -0.39 is 8.32 Å². The Morgan fingerprint density at radius 1 is 0.926 bits per heavy atom. The van der Waals surface area contributed by atoms with Crippen molar-refractivity contribution in [2.45, 2.75) is 64.6 Å². The number of phenols is 1. The maximum absolute atomic E-state index is 12.5. The first-order valence-corrected chi connectivity index (χ1v) is 11.9. The molecule has 146 valence electrons. The Hall–Kier alpha value is -2.07. The predicted molar refractivity (Wildman–Crippen MR) is 114 cm³/mol. The summed E-state index contributed by atoms with van der Waals surface area (Å²) in [6, 6.07) is 14.4. The van der Waals surface area contributed by atoms with Crippen molar-refractivity contribution in [3.8, 4) is 11.5 Å². The van der Waals surface area contributed by atoms with Crippen LogP contribution in [-0.4, -0.2) is 19.2 Å². The molecule has 0 unspecified atom stereocenters. The van der Waals surface area contributed by atoms with Gasteiger partial charge in [0.1, 0.15) is 11.5 Å². The molecule has 0 spiro atoms. The smallest absolute Gasteiger partial charge is 0.258 e. The number of hydrogen-bond acceptors (Lipinski definition) is 3. The molecule has 27 heavy (non-hydrogen) atoms. The zero-order valence-electron chi connectivity index (χ0n) is 17.3. The van der Waals surface area contributed by atoms with Gasteiger partial charge < -0.3 is 9.53 Å². The molecule has 0 aliphatic carbocycles. The van der Waals surface area contributed by atoms with Gasteiger partial charge in [-0.25, -0.2) is 0 Å². The predicted octanol–water partition coefficient (Wildman–Crippen LogP) is 6.37. The fourth-order valence-electron chi connectivity index (χ4n) is 4.22. The van der Waals surface area contributed by atoms with Crippen molar-refractivity contribution in [3.05, 3.63) is 59.7 Å². The van der Waals surface area contributed by atoms with Gasteiger partial charge in [-0.05, 0) is 58.6 Å². The minimum Gasteiger partial charge on any atom is -0.543 e. The van der Waals surface area contributed by atoms with E-state index in [0.717, 1.165) is 11.3 Å². The maximum atomic E-state index is 12.5. The normalized spacial score (nSPS) is 12.0. The van der Waals surface area contributed by atoms with Crippen molar-refractivity contribution < 1.29 is 14.3 Å². The SMILES string of the molecule is CC(C)[Si](Oc1ccc(C(=O)Cc2cccc(O)c2)cc1)(C(C)C)C(C)C. The monoisotopic (exact) mass is 384 g/mol. The Morgan fingerprint density at radius 3 is 1.96 bits per heavy atom. The molecule has 0 aliphatic rings. The van der Waals surface area contributed by atoms with E-state index in [-0.39, 0.29) is 18.0 Å². The summed E-state index contributed by atoms with van der Waals surface area (Å²) in [4.78, 5) is 12.5. The number of aromatic hydroxyl groups is 1. The first-order chi connectivity index (χ1) is 12.7. The zero-order chi connectivity index (χ0) is 20.2. The highest BCUT2D eigenvalue weighted by molar-refractivity contribution is 6.78. The van der Waals surface area contributed by atoms with Crippen LogP contribution < -0.4 is 4.43 Å². The van der Waals surface area contributed by atoms with E-state index in [2.05, 4.69) is 41.5 Å². The van der Waals surface area contributed by atoms with Crippen LogP contribution in [-0.2, 0) is 6.42 Å². The molecular formula is C23H32O3Si. The zero-order valence-corrected chi connectivity index (χ0v) is 18.3. The quantitative estimate of drug-likeness (QED) is 0.425. The Labute approximate surface area is 164 Å². The molecular weight excluding hydrogens is 352 g/mol. The summed E-state index contributed by atoms with van der Waals surface area (Å²) in [5, 5.41) is 9.55. The maximum Gasteiger partial charge on any atom is 0.258 e. The van der Waals surface area contributed by atoms with Gasteiger partial charge in [0.15, 0.2) is 5.78 Å². The molecule has 0 heterocycles. The summed E-state index contributed by atoms with van der Waals surface area (Å²) in [7, 11) is -1.99. The number of Topliss-reactive ketones (excluding diaryl/α,β-unsaturated/α-hetero) is 1. The number of carbonyl (C=O) groups excluding carboxylic acids is 1. The first kappa shape index (κ1) is 21.2. The molecule has 0 radical (unpaired) electrons. The van der Waals surface area contributed by atoms with E-state index in [4.69, 9.17) is 4.43 Å². The Bertz CT molecular complexity index is 742. The van der Waals surface area contributed by atoms with Crippen LogP contribution >= 0.6 is 0 Å². The summed E-state index contributed by atoms with van der Waals surface area (Å²) >= 11 is 0. The number of benzene rings is 2. The number of phenolic OH excluding ortho intramolecular Hbond substituents is 1. The Kier molecular flexibility index (Phi) is 6.87. The molecule has 3 nitrogen and oxygen atoms in total. The van der Waals surface area contributed by atoms with Gasteiger partial charge in [0.25, 0.3) is 8.32 Å². The van der Waals surface area contributed by atoms with Crippen LogP contribution in [0.15, 0.2) is 48.5 Å². The molecule has 0 fully saturated rings. The Balaban J connectivity index is 2.17. The molecule has 0 aromatic heterocycles. The summed E-state index contributed by atoms with van der Waals surface area (Å²) in [5.74, 6) is 1.07. The number of ketones is 1. The van der Waals surface area contributed by atoms with Gasteiger partial charge >= 0.3 is 0 Å². The number of rotatable bonds is 8. The molecule has 2 rings (SSSR count). The standard InChI is InChI=1S/C23H32O3Si/c1-16(2)27(17(3)4,18(5)6)26-22-12-10-20(11-13-22)23(25)15-19-8-7-9-21(24)14-19/h7-14,16-18,24H,15H2,1-6H3. The highest BCUT2D eigenvalue weighted by atomic mass is 28.4. The van der Waals surface area contributed by atoms with Crippen LogP contribution in [0.1, 0.15) is 57.5 Å². The molecule has 0 amide bonds. The lowest BCUT2D eigenvalue weighted by Gasteiger charge is -2.42. The van der Waals surface area contributed by atoms with E-state index in [9.17, 15) is 9.90 Å². The van der Waals surface area contributed by atoms with E-state index >= 15 is 0 Å². The second-order valence-electron chi connectivity index (χ2n) is 8.21. The molecule has 0 saturated carbocycles. The Morgan fingerprint density at radius 2 is 1.48 bits per heavy atom. The van der Waals surface area contributed by atoms with Crippen molar-refractivity contribution in [3.63, 3.8) is 0 Å². The average Bonchev–Trinajstić information content (AvgIpc) is 2.59. The fourth-order valence-corrected chi connectivity index (χ4v) is 9.47. The van der Waals surface area contributed by atoms with Crippen LogP contribution in [0.2, 0.25) is 16.6 Å². The summed E-state index contributed by atoms with van der Waals surface area (Å²) in [6.07, 6.45) is 0.275. The van der Waals surface area contributed by atoms with Gasteiger partial charge in [-0.15, -0.1) is 0 Å². The van der Waals surface area contributed by atoms with Crippen LogP contribution in [0.25, 0.3) is 0 Å². The van der Waals surface area contributed by atoms with Crippen molar-refractivity contribution in [1.82, 2.24) is 0 Å². The van der Waals surface area contributed by atoms with Crippen LogP contribution in [0.5, 0.6) is 11.5 Å². The van der Waals surface area contributed by atoms with Gasteiger partial charge in [-0.2, -0.15) is 0 Å². The van der Waals surface area contributed by atoms with Gasteiger partial charge in [0.05, 0.1) is 0 Å². The molecule has 2 aromatic rings. The minimum atomic E-state index is -1.99. The highest BCUT2D eigenvalue weighted by Gasteiger charge is 2.46. The van der Waals surface area contributed by atoms with Gasteiger partial charge in [0.2, 0.25) is 0 Å². The lowest BCUT2D eigenvalue weighted by molar-refractivity contribution is 0.0993.